The minimum atomic E-state index is -3.45. The molecule has 1 atom stereocenters. The van der Waals surface area contributed by atoms with E-state index >= 15 is 0 Å². The van der Waals surface area contributed by atoms with E-state index in [-0.39, 0.29) is 22.5 Å². The number of hydrogen-bond donors (Lipinski definition) is 1. The van der Waals surface area contributed by atoms with Crippen LogP contribution in [0.15, 0.2) is 58.6 Å². The van der Waals surface area contributed by atoms with Gasteiger partial charge >= 0.3 is 0 Å². The van der Waals surface area contributed by atoms with E-state index in [2.05, 4.69) is 17.2 Å². The first-order valence-electron chi connectivity index (χ1n) is 9.37. The number of carbonyl (C=O) groups is 1. The molecule has 0 bridgehead atoms. The molecular formula is C20H25N3O3S2. The maximum absolute atomic E-state index is 12.5. The SMILES string of the molecule is C[C@H](CNC(=O)CSc1ccc(S(=O)(=O)N2CCCC2)cn1)c1ccccc1. The number of nitrogens with one attached hydrogen (secondary N) is 1. The zero-order chi connectivity index (χ0) is 20.0. The summed E-state index contributed by atoms with van der Waals surface area (Å²) in [6, 6.07) is 13.3. The van der Waals surface area contributed by atoms with Crippen LogP contribution in [0.3, 0.4) is 0 Å². The average Bonchev–Trinajstić information content (AvgIpc) is 3.27. The Morgan fingerprint density at radius 3 is 2.54 bits per heavy atom. The molecule has 1 aliphatic rings. The van der Waals surface area contributed by atoms with Crippen molar-refractivity contribution in [1.82, 2.24) is 14.6 Å². The normalized spacial score (nSPS) is 16.0. The molecule has 0 saturated carbocycles. The van der Waals surface area contributed by atoms with Gasteiger partial charge < -0.3 is 5.32 Å². The molecule has 0 spiro atoms. The highest BCUT2D eigenvalue weighted by Gasteiger charge is 2.27. The van der Waals surface area contributed by atoms with E-state index in [1.54, 1.807) is 12.1 Å². The lowest BCUT2D eigenvalue weighted by Gasteiger charge is -2.15. The summed E-state index contributed by atoms with van der Waals surface area (Å²) >= 11 is 1.30. The van der Waals surface area contributed by atoms with Crippen LogP contribution in [0.5, 0.6) is 0 Å². The highest BCUT2D eigenvalue weighted by Crippen LogP contribution is 2.22. The standard InChI is InChI=1S/C20H25N3O3S2/c1-16(17-7-3-2-4-8-17)13-21-19(24)15-27-20-10-9-18(14-22-20)28(25,26)23-11-5-6-12-23/h2-4,7-10,14,16H,5-6,11-13,15H2,1H3,(H,21,24)/t16-/m1/s1. The largest absolute Gasteiger partial charge is 0.355 e. The summed E-state index contributed by atoms with van der Waals surface area (Å²) in [6.45, 7) is 3.79. The van der Waals surface area contributed by atoms with E-state index in [0.717, 1.165) is 12.8 Å². The summed E-state index contributed by atoms with van der Waals surface area (Å²) in [4.78, 5) is 16.5. The zero-order valence-electron chi connectivity index (χ0n) is 15.9. The Hall–Kier alpha value is -1.90. The summed E-state index contributed by atoms with van der Waals surface area (Å²) in [6.07, 6.45) is 3.18. The predicted octanol–water partition coefficient (Wildman–Crippen LogP) is 2.88. The molecule has 3 rings (SSSR count). The van der Waals surface area contributed by atoms with Crippen molar-refractivity contribution < 1.29 is 13.2 Å². The maximum Gasteiger partial charge on any atom is 0.244 e. The van der Waals surface area contributed by atoms with Crippen molar-refractivity contribution in [3.8, 4) is 0 Å². The number of thioether (sulfide) groups is 1. The maximum atomic E-state index is 12.5. The van der Waals surface area contributed by atoms with E-state index in [9.17, 15) is 13.2 Å². The van der Waals surface area contributed by atoms with Crippen LogP contribution in [0.1, 0.15) is 31.2 Å². The molecule has 28 heavy (non-hydrogen) atoms. The lowest BCUT2D eigenvalue weighted by atomic mass is 10.0. The van der Waals surface area contributed by atoms with Gasteiger partial charge in [-0.25, -0.2) is 13.4 Å². The molecule has 1 fully saturated rings. The van der Waals surface area contributed by atoms with Gasteiger partial charge in [-0.3, -0.25) is 4.79 Å². The topological polar surface area (TPSA) is 79.4 Å². The fourth-order valence-corrected chi connectivity index (χ4v) is 5.17. The van der Waals surface area contributed by atoms with Crippen molar-refractivity contribution in [3.63, 3.8) is 0 Å². The molecule has 1 aromatic heterocycles. The average molecular weight is 420 g/mol. The molecule has 150 valence electrons. The van der Waals surface area contributed by atoms with Gasteiger partial charge in [0.1, 0.15) is 4.90 Å². The Bertz CT molecular complexity index is 881. The van der Waals surface area contributed by atoms with Crippen LogP contribution in [0.25, 0.3) is 0 Å². The molecule has 1 saturated heterocycles. The first-order valence-corrected chi connectivity index (χ1v) is 11.8. The number of benzene rings is 1. The number of sulfonamides is 1. The first-order chi connectivity index (χ1) is 13.5. The quantitative estimate of drug-likeness (QED) is 0.666. The lowest BCUT2D eigenvalue weighted by Crippen LogP contribution is -2.29. The van der Waals surface area contributed by atoms with Gasteiger partial charge in [0, 0.05) is 25.8 Å². The Morgan fingerprint density at radius 2 is 1.89 bits per heavy atom. The molecule has 1 amide bonds. The van der Waals surface area contributed by atoms with Crippen LogP contribution in [-0.2, 0) is 14.8 Å². The van der Waals surface area contributed by atoms with Crippen molar-refractivity contribution in [3.05, 3.63) is 54.2 Å². The van der Waals surface area contributed by atoms with Gasteiger partial charge in [0.2, 0.25) is 15.9 Å². The van der Waals surface area contributed by atoms with Gasteiger partial charge in [-0.2, -0.15) is 4.31 Å². The van der Waals surface area contributed by atoms with Gasteiger partial charge in [0.15, 0.2) is 0 Å². The second kappa shape index (κ2) is 9.54. The van der Waals surface area contributed by atoms with E-state index in [4.69, 9.17) is 0 Å². The third kappa shape index (κ3) is 5.33. The third-order valence-corrected chi connectivity index (χ3v) is 7.56. The van der Waals surface area contributed by atoms with Crippen molar-refractivity contribution in [2.24, 2.45) is 0 Å². The Morgan fingerprint density at radius 1 is 1.18 bits per heavy atom. The summed E-state index contributed by atoms with van der Waals surface area (Å²) in [5, 5.41) is 3.56. The van der Waals surface area contributed by atoms with E-state index in [0.29, 0.717) is 24.7 Å². The summed E-state index contributed by atoms with van der Waals surface area (Å²) < 4.78 is 26.5. The summed E-state index contributed by atoms with van der Waals surface area (Å²) in [5.74, 6) is 0.416. The molecule has 1 aromatic carbocycles. The van der Waals surface area contributed by atoms with Gasteiger partial charge in [-0.1, -0.05) is 49.0 Å². The first kappa shape index (κ1) is 20.8. The lowest BCUT2D eigenvalue weighted by molar-refractivity contribution is -0.118. The van der Waals surface area contributed by atoms with Crippen LogP contribution in [0, 0.1) is 0 Å². The monoisotopic (exact) mass is 419 g/mol. The summed E-state index contributed by atoms with van der Waals surface area (Å²) in [5.41, 5.74) is 1.19. The van der Waals surface area contributed by atoms with Crippen LogP contribution in [0.2, 0.25) is 0 Å². The van der Waals surface area contributed by atoms with Gasteiger partial charge in [-0.05, 0) is 36.5 Å². The Kier molecular flexibility index (Phi) is 7.09. The minimum Gasteiger partial charge on any atom is -0.355 e. The van der Waals surface area contributed by atoms with Crippen molar-refractivity contribution in [2.75, 3.05) is 25.4 Å². The van der Waals surface area contributed by atoms with E-state index in [1.807, 2.05) is 30.3 Å². The second-order valence-corrected chi connectivity index (χ2v) is 9.78. The number of hydrogen-bond acceptors (Lipinski definition) is 5. The van der Waals surface area contributed by atoms with Crippen molar-refractivity contribution in [2.45, 2.75) is 35.6 Å². The number of pyridine rings is 1. The zero-order valence-corrected chi connectivity index (χ0v) is 17.5. The van der Waals surface area contributed by atoms with Crippen LogP contribution < -0.4 is 5.32 Å². The fourth-order valence-electron chi connectivity index (χ4n) is 3.04. The number of carbonyl (C=O) groups excluding carboxylic acids is 1. The molecule has 2 aromatic rings. The number of amides is 1. The van der Waals surface area contributed by atoms with Crippen LogP contribution in [0.4, 0.5) is 0 Å². The highest BCUT2D eigenvalue weighted by atomic mass is 32.2. The number of rotatable bonds is 8. The molecule has 0 radical (unpaired) electrons. The second-order valence-electron chi connectivity index (χ2n) is 6.85. The smallest absolute Gasteiger partial charge is 0.244 e. The molecule has 1 aliphatic heterocycles. The third-order valence-electron chi connectivity index (χ3n) is 4.74. The molecule has 6 nitrogen and oxygen atoms in total. The highest BCUT2D eigenvalue weighted by molar-refractivity contribution is 7.99. The molecule has 0 unspecified atom stereocenters. The molecule has 8 heteroatoms. The number of aromatic nitrogens is 1. The summed E-state index contributed by atoms with van der Waals surface area (Å²) in [7, 11) is -3.45. The van der Waals surface area contributed by atoms with Gasteiger partial charge in [-0.15, -0.1) is 0 Å². The van der Waals surface area contributed by atoms with Crippen molar-refractivity contribution in [1.29, 1.82) is 0 Å². The predicted molar refractivity (Wildman–Crippen MR) is 111 cm³/mol. The minimum absolute atomic E-state index is 0.0663. The van der Waals surface area contributed by atoms with Crippen molar-refractivity contribution >= 4 is 27.7 Å². The van der Waals surface area contributed by atoms with Gasteiger partial charge in [0.05, 0.1) is 10.8 Å². The van der Waals surface area contributed by atoms with Crippen LogP contribution in [-0.4, -0.2) is 49.0 Å². The Labute approximate surface area is 170 Å². The van der Waals surface area contributed by atoms with Gasteiger partial charge in [0.25, 0.3) is 0 Å². The Balaban J connectivity index is 1.47. The van der Waals surface area contributed by atoms with Crippen LogP contribution >= 0.6 is 11.8 Å². The number of nitrogens with zero attached hydrogens (tertiary/aromatic N) is 2. The fraction of sp³-hybridized carbons (Fsp3) is 0.400. The molecule has 0 aliphatic carbocycles. The molecular weight excluding hydrogens is 394 g/mol. The van der Waals surface area contributed by atoms with E-state index in [1.165, 1.54) is 27.8 Å². The van der Waals surface area contributed by atoms with E-state index < -0.39 is 10.0 Å². The molecule has 2 heterocycles. The molecule has 1 N–H and O–H groups in total.